The van der Waals surface area contributed by atoms with Gasteiger partial charge in [0.05, 0.1) is 16.7 Å². The molecule has 0 unspecified atom stereocenters. The molecule has 0 saturated heterocycles. The van der Waals surface area contributed by atoms with Gasteiger partial charge in [-0.05, 0) is 147 Å². The molecule has 9 aromatic rings. The van der Waals surface area contributed by atoms with Gasteiger partial charge in [0.25, 0.3) is 0 Å². The smallest absolute Gasteiger partial charge is 0.0583 e. The van der Waals surface area contributed by atoms with E-state index in [9.17, 15) is 0 Å². The van der Waals surface area contributed by atoms with Crippen LogP contribution in [-0.4, -0.2) is 4.57 Å². The van der Waals surface area contributed by atoms with E-state index in [-0.39, 0.29) is 16.2 Å². The molecule has 0 spiro atoms. The molecule has 0 radical (unpaired) electrons. The molecule has 2 aliphatic heterocycles. The summed E-state index contributed by atoms with van der Waals surface area (Å²) in [5, 5.41) is 2.63. The van der Waals surface area contributed by atoms with Crippen molar-refractivity contribution >= 4 is 50.2 Å². The Morgan fingerprint density at radius 2 is 0.955 bits per heavy atom. The second kappa shape index (κ2) is 13.8. The fraction of sp³-hybridized carbons (Fsp3) is 0.175. The Morgan fingerprint density at radius 1 is 0.409 bits per heavy atom. The molecule has 3 heteroatoms. The highest BCUT2D eigenvalue weighted by atomic mass is 15.2. The van der Waals surface area contributed by atoms with Crippen molar-refractivity contribution in [2.75, 3.05) is 9.80 Å². The Bertz CT molecular complexity index is 3540. The van der Waals surface area contributed by atoms with Gasteiger partial charge in [-0.15, -0.1) is 0 Å². The van der Waals surface area contributed by atoms with Crippen molar-refractivity contribution in [2.45, 2.75) is 70.6 Å². The highest BCUT2D eigenvalue weighted by Gasteiger charge is 2.44. The monoisotopic (exact) mass is 851 g/mol. The SMILES string of the molecule is CC1(C)c2ccccc2-c2ccc(N(c3ccccc3)c3ccc(-c4cc5c6c(c4)c4cc(N(C7=CC=CCC7)c7ccccc7)cc7c4n6-c4c(cccc4C7(C)C)C5(C)C)cc3)cc21. The molecule has 0 fully saturated rings. The maximum absolute atomic E-state index is 2.65. The third-order valence-corrected chi connectivity index (χ3v) is 15.7. The Morgan fingerprint density at radius 3 is 1.64 bits per heavy atom. The summed E-state index contributed by atoms with van der Waals surface area (Å²) in [6, 6.07) is 64.1. The number of benzene rings is 8. The first kappa shape index (κ1) is 39.0. The van der Waals surface area contributed by atoms with Crippen molar-refractivity contribution in [3.8, 4) is 27.9 Å². The maximum Gasteiger partial charge on any atom is 0.0583 e. The fourth-order valence-corrected chi connectivity index (χ4v) is 12.3. The third-order valence-electron chi connectivity index (χ3n) is 15.7. The second-order valence-electron chi connectivity index (χ2n) is 20.5. The van der Waals surface area contributed by atoms with Gasteiger partial charge >= 0.3 is 0 Å². The number of hydrogen-bond donors (Lipinski definition) is 0. The minimum Gasteiger partial charge on any atom is -0.314 e. The quantitative estimate of drug-likeness (QED) is 0.158. The molecule has 0 atom stereocenters. The molecular formula is C63H53N3. The van der Waals surface area contributed by atoms with E-state index in [4.69, 9.17) is 0 Å². The predicted molar refractivity (Wildman–Crippen MR) is 278 cm³/mol. The zero-order valence-electron chi connectivity index (χ0n) is 38.7. The molecule has 0 N–H and O–H groups in total. The van der Waals surface area contributed by atoms with Crippen LogP contribution in [0.2, 0.25) is 0 Å². The summed E-state index contributed by atoms with van der Waals surface area (Å²) in [5.41, 5.74) is 24.1. The lowest BCUT2D eigenvalue weighted by Gasteiger charge is -2.42. The van der Waals surface area contributed by atoms with E-state index in [2.05, 4.69) is 244 Å². The Hall–Kier alpha value is -7.36. The minimum absolute atomic E-state index is 0.0901. The lowest BCUT2D eigenvalue weighted by atomic mass is 9.68. The van der Waals surface area contributed by atoms with Crippen molar-refractivity contribution in [3.05, 3.63) is 227 Å². The molecule has 2 aliphatic carbocycles. The summed E-state index contributed by atoms with van der Waals surface area (Å²) in [6.07, 6.45) is 8.85. The van der Waals surface area contributed by atoms with Gasteiger partial charge in [0.2, 0.25) is 0 Å². The molecule has 66 heavy (non-hydrogen) atoms. The van der Waals surface area contributed by atoms with E-state index in [1.807, 2.05) is 0 Å². The van der Waals surface area contributed by atoms with E-state index < -0.39 is 0 Å². The van der Waals surface area contributed by atoms with Crippen LogP contribution in [-0.2, 0) is 16.2 Å². The van der Waals surface area contributed by atoms with Gasteiger partial charge in [0, 0.05) is 61.2 Å². The molecule has 3 heterocycles. The topological polar surface area (TPSA) is 11.4 Å². The van der Waals surface area contributed by atoms with Crippen LogP contribution >= 0.6 is 0 Å². The molecule has 0 saturated carbocycles. The van der Waals surface area contributed by atoms with Gasteiger partial charge in [0.15, 0.2) is 0 Å². The first-order chi connectivity index (χ1) is 32.0. The molecule has 3 nitrogen and oxygen atoms in total. The lowest BCUT2D eigenvalue weighted by molar-refractivity contribution is 0.594. The summed E-state index contributed by atoms with van der Waals surface area (Å²) in [6.45, 7) is 14.5. The standard InChI is InChI=1S/C63H53N3/c1-61(2)52-26-17-16-25-48(52)49-34-33-46(38-55(49)61)64(42-19-10-7-11-20-42)45-31-29-40(30-32-45)41-35-50-51-37-47(65(43-21-12-8-13-22-43)44-23-14-9-15-24-44)39-57-59(51)66-58(50)56(36-41)62(3,4)53-27-18-28-54(60(53)66)63(57,5)6/h7-14,16-23,25-39H,15,24H2,1-6H3. The molecule has 4 aliphatic rings. The summed E-state index contributed by atoms with van der Waals surface area (Å²) in [4.78, 5) is 4.93. The summed E-state index contributed by atoms with van der Waals surface area (Å²) in [5.74, 6) is 0. The second-order valence-corrected chi connectivity index (χ2v) is 20.5. The van der Waals surface area contributed by atoms with Crippen LogP contribution in [0.15, 0.2) is 194 Å². The van der Waals surface area contributed by atoms with Crippen molar-refractivity contribution in [3.63, 3.8) is 0 Å². The van der Waals surface area contributed by atoms with E-state index in [0.29, 0.717) is 0 Å². The molecule has 8 aromatic carbocycles. The highest BCUT2D eigenvalue weighted by molar-refractivity contribution is 6.16. The van der Waals surface area contributed by atoms with Gasteiger partial charge in [-0.3, -0.25) is 0 Å². The molecular weight excluding hydrogens is 799 g/mol. The van der Waals surface area contributed by atoms with Gasteiger partial charge in [-0.25, -0.2) is 0 Å². The summed E-state index contributed by atoms with van der Waals surface area (Å²) in [7, 11) is 0. The molecule has 320 valence electrons. The number of hydrogen-bond acceptors (Lipinski definition) is 2. The zero-order valence-corrected chi connectivity index (χ0v) is 38.7. The van der Waals surface area contributed by atoms with Gasteiger partial charge in [-0.2, -0.15) is 0 Å². The Labute approximate surface area is 388 Å². The first-order valence-electron chi connectivity index (χ1n) is 23.7. The van der Waals surface area contributed by atoms with Gasteiger partial charge in [0.1, 0.15) is 0 Å². The number of nitrogens with zero attached hydrogens (tertiary/aromatic N) is 3. The van der Waals surface area contributed by atoms with Gasteiger partial charge in [-0.1, -0.05) is 151 Å². The van der Waals surface area contributed by atoms with Crippen LogP contribution < -0.4 is 9.80 Å². The molecule has 13 rings (SSSR count). The van der Waals surface area contributed by atoms with Crippen LogP contribution in [0.25, 0.3) is 49.7 Å². The zero-order chi connectivity index (χ0) is 44.7. The maximum atomic E-state index is 2.65. The number of para-hydroxylation sites is 3. The number of aromatic nitrogens is 1. The lowest BCUT2D eigenvalue weighted by Crippen LogP contribution is -2.33. The average molecular weight is 852 g/mol. The fourth-order valence-electron chi connectivity index (χ4n) is 12.3. The highest BCUT2D eigenvalue weighted by Crippen LogP contribution is 2.57. The number of allylic oxidation sites excluding steroid dienone is 4. The summed E-state index contributed by atoms with van der Waals surface area (Å²) < 4.78 is 2.65. The van der Waals surface area contributed by atoms with E-state index in [1.165, 1.54) is 100 Å². The summed E-state index contributed by atoms with van der Waals surface area (Å²) >= 11 is 0. The van der Waals surface area contributed by atoms with E-state index in [0.717, 1.165) is 29.9 Å². The first-order valence-corrected chi connectivity index (χ1v) is 23.7. The molecule has 0 bridgehead atoms. The van der Waals surface area contributed by atoms with Crippen molar-refractivity contribution in [1.82, 2.24) is 4.57 Å². The Balaban J connectivity index is 1.01. The predicted octanol–water partition coefficient (Wildman–Crippen LogP) is 16.9. The number of fused-ring (bicyclic) bond motifs is 4. The largest absolute Gasteiger partial charge is 0.314 e. The number of anilines is 5. The minimum atomic E-state index is -0.221. The normalized spacial score (nSPS) is 16.3. The van der Waals surface area contributed by atoms with Crippen LogP contribution in [0.5, 0.6) is 0 Å². The van der Waals surface area contributed by atoms with Crippen LogP contribution in [0, 0.1) is 0 Å². The number of rotatable bonds is 7. The van der Waals surface area contributed by atoms with Crippen molar-refractivity contribution in [2.24, 2.45) is 0 Å². The van der Waals surface area contributed by atoms with Crippen LogP contribution in [0.3, 0.4) is 0 Å². The third kappa shape index (κ3) is 5.37. The van der Waals surface area contributed by atoms with Crippen LogP contribution in [0.1, 0.15) is 87.8 Å². The molecule has 1 aromatic heterocycles. The van der Waals surface area contributed by atoms with Gasteiger partial charge < -0.3 is 14.4 Å². The van der Waals surface area contributed by atoms with Crippen molar-refractivity contribution in [1.29, 1.82) is 0 Å². The Kier molecular flexibility index (Phi) is 8.18. The van der Waals surface area contributed by atoms with Crippen molar-refractivity contribution < 1.29 is 0 Å². The van der Waals surface area contributed by atoms with E-state index in [1.54, 1.807) is 0 Å². The molecule has 0 amide bonds. The van der Waals surface area contributed by atoms with E-state index >= 15 is 0 Å². The van der Waals surface area contributed by atoms with Crippen LogP contribution in [0.4, 0.5) is 28.4 Å². The average Bonchev–Trinajstić information content (AvgIpc) is 3.79.